The summed E-state index contributed by atoms with van der Waals surface area (Å²) in [5.74, 6) is 0. The van der Waals surface area contributed by atoms with Gasteiger partial charge in [-0.2, -0.15) is 0 Å². The van der Waals surface area contributed by atoms with Crippen LogP contribution >= 0.6 is 27.5 Å². The molecule has 1 aromatic rings. The Kier molecular flexibility index (Phi) is 4.82. The highest BCUT2D eigenvalue weighted by atomic mass is 79.9. The Hall–Kier alpha value is -0.0100. The second-order valence-corrected chi connectivity index (χ2v) is 4.60. The molecule has 1 unspecified atom stereocenters. The molecule has 0 fully saturated rings. The van der Waals surface area contributed by atoms with Gasteiger partial charge in [0.15, 0.2) is 0 Å². The summed E-state index contributed by atoms with van der Waals surface area (Å²) in [6.07, 6.45) is 3.48. The molecule has 0 aliphatic carbocycles. The Bertz CT molecular complexity index is 243. The number of hydrogen-bond donors (Lipinski definition) is 0. The van der Waals surface area contributed by atoms with Crippen LogP contribution in [0.2, 0.25) is 0 Å². The molecule has 0 N–H and O–H groups in total. The van der Waals surface area contributed by atoms with Gasteiger partial charge >= 0.3 is 0 Å². The molecule has 0 heterocycles. The minimum Gasteiger partial charge on any atom is -0.118 e. The van der Waals surface area contributed by atoms with Gasteiger partial charge in [0.25, 0.3) is 0 Å². The van der Waals surface area contributed by atoms with Crippen LogP contribution in [0.5, 0.6) is 0 Å². The molecule has 72 valence electrons. The highest BCUT2D eigenvalue weighted by Crippen LogP contribution is 2.27. The molecule has 2 heteroatoms. The van der Waals surface area contributed by atoms with Crippen LogP contribution in [0.4, 0.5) is 0 Å². The van der Waals surface area contributed by atoms with Crippen molar-refractivity contribution < 1.29 is 0 Å². The summed E-state index contributed by atoms with van der Waals surface area (Å²) in [6.45, 7) is 2.19. The van der Waals surface area contributed by atoms with Crippen molar-refractivity contribution in [3.63, 3.8) is 0 Å². The third kappa shape index (κ3) is 3.70. The van der Waals surface area contributed by atoms with Gasteiger partial charge in [0, 0.05) is 4.47 Å². The van der Waals surface area contributed by atoms with E-state index in [4.69, 9.17) is 11.6 Å². The maximum Gasteiger partial charge on any atom is 0.0585 e. The molecule has 0 amide bonds. The van der Waals surface area contributed by atoms with E-state index in [9.17, 15) is 0 Å². The average molecular weight is 262 g/mol. The number of unbranched alkanes of at least 4 members (excludes halogenated alkanes) is 1. The van der Waals surface area contributed by atoms with Crippen molar-refractivity contribution in [3.05, 3.63) is 34.3 Å². The molecule has 0 saturated carbocycles. The smallest absolute Gasteiger partial charge is 0.0585 e. The van der Waals surface area contributed by atoms with Crippen LogP contribution < -0.4 is 0 Å². The lowest BCUT2D eigenvalue weighted by Crippen LogP contribution is -1.89. The van der Waals surface area contributed by atoms with E-state index in [-0.39, 0.29) is 5.38 Å². The van der Waals surface area contributed by atoms with Crippen molar-refractivity contribution in [2.24, 2.45) is 0 Å². The molecule has 0 aromatic heterocycles. The van der Waals surface area contributed by atoms with E-state index in [0.717, 1.165) is 10.9 Å². The molecule has 0 nitrogen and oxygen atoms in total. The molecule has 1 atom stereocenters. The summed E-state index contributed by atoms with van der Waals surface area (Å²) in [7, 11) is 0. The van der Waals surface area contributed by atoms with Gasteiger partial charge in [-0.15, -0.1) is 11.6 Å². The first kappa shape index (κ1) is 11.1. The molecule has 0 aliphatic rings. The normalized spacial score (nSPS) is 12.8. The Morgan fingerprint density at radius 3 is 2.46 bits per heavy atom. The van der Waals surface area contributed by atoms with Crippen LogP contribution in [0, 0.1) is 0 Å². The SMILES string of the molecule is CCCCC(Cl)c1ccc(Br)cc1. The molecule has 0 spiro atoms. The molecular formula is C11H14BrCl. The maximum absolute atomic E-state index is 6.22. The summed E-state index contributed by atoms with van der Waals surface area (Å²) in [5.41, 5.74) is 1.22. The number of alkyl halides is 1. The first-order valence-corrected chi connectivity index (χ1v) is 5.86. The zero-order valence-corrected chi connectivity index (χ0v) is 10.1. The van der Waals surface area contributed by atoms with E-state index < -0.39 is 0 Å². The average Bonchev–Trinajstić information content (AvgIpc) is 2.15. The van der Waals surface area contributed by atoms with Gasteiger partial charge in [-0.25, -0.2) is 0 Å². The predicted molar refractivity (Wildman–Crippen MR) is 62.3 cm³/mol. The van der Waals surface area contributed by atoms with E-state index in [0.29, 0.717) is 0 Å². The standard InChI is InChI=1S/C11H14BrCl/c1-2-3-4-11(13)9-5-7-10(12)8-6-9/h5-8,11H,2-4H2,1H3. The van der Waals surface area contributed by atoms with Crippen LogP contribution in [-0.2, 0) is 0 Å². The third-order valence-corrected chi connectivity index (χ3v) is 3.04. The molecule has 0 bridgehead atoms. The number of rotatable bonds is 4. The second kappa shape index (κ2) is 5.66. The molecule has 13 heavy (non-hydrogen) atoms. The minimum atomic E-state index is 0.174. The maximum atomic E-state index is 6.22. The fourth-order valence-corrected chi connectivity index (χ4v) is 1.79. The van der Waals surface area contributed by atoms with Crippen molar-refractivity contribution in [2.45, 2.75) is 31.6 Å². The van der Waals surface area contributed by atoms with Gasteiger partial charge in [-0.1, -0.05) is 47.8 Å². The summed E-state index contributed by atoms with van der Waals surface area (Å²) >= 11 is 9.63. The fourth-order valence-electron chi connectivity index (χ4n) is 1.22. The highest BCUT2D eigenvalue weighted by molar-refractivity contribution is 9.10. The summed E-state index contributed by atoms with van der Waals surface area (Å²) in [6, 6.07) is 8.24. The lowest BCUT2D eigenvalue weighted by molar-refractivity contribution is 0.701. The third-order valence-electron chi connectivity index (χ3n) is 2.04. The van der Waals surface area contributed by atoms with Crippen molar-refractivity contribution in [3.8, 4) is 0 Å². The molecule has 1 rings (SSSR count). The van der Waals surface area contributed by atoms with Crippen LogP contribution in [0.3, 0.4) is 0 Å². The number of hydrogen-bond acceptors (Lipinski definition) is 0. The van der Waals surface area contributed by atoms with E-state index in [1.807, 2.05) is 12.1 Å². The van der Waals surface area contributed by atoms with Crippen molar-refractivity contribution in [1.29, 1.82) is 0 Å². The zero-order chi connectivity index (χ0) is 9.68. The second-order valence-electron chi connectivity index (χ2n) is 3.16. The van der Waals surface area contributed by atoms with Gasteiger partial charge in [-0.3, -0.25) is 0 Å². The van der Waals surface area contributed by atoms with Crippen LogP contribution in [-0.4, -0.2) is 0 Å². The first-order chi connectivity index (χ1) is 6.24. The monoisotopic (exact) mass is 260 g/mol. The molecule has 0 aliphatic heterocycles. The fraction of sp³-hybridized carbons (Fsp3) is 0.455. The van der Waals surface area contributed by atoms with Crippen LogP contribution in [0.15, 0.2) is 28.7 Å². The van der Waals surface area contributed by atoms with Gasteiger partial charge in [-0.05, 0) is 24.1 Å². The van der Waals surface area contributed by atoms with E-state index in [1.165, 1.54) is 18.4 Å². The predicted octanol–water partition coefficient (Wildman–Crippen LogP) is 4.92. The van der Waals surface area contributed by atoms with Crippen LogP contribution in [0.1, 0.15) is 37.1 Å². The number of benzene rings is 1. The Morgan fingerprint density at radius 2 is 1.92 bits per heavy atom. The van der Waals surface area contributed by atoms with Gasteiger partial charge < -0.3 is 0 Å². The summed E-state index contributed by atoms with van der Waals surface area (Å²) < 4.78 is 1.11. The first-order valence-electron chi connectivity index (χ1n) is 4.63. The lowest BCUT2D eigenvalue weighted by Gasteiger charge is -2.08. The van der Waals surface area contributed by atoms with Crippen LogP contribution in [0.25, 0.3) is 0 Å². The molecule has 1 aromatic carbocycles. The van der Waals surface area contributed by atoms with E-state index in [1.54, 1.807) is 0 Å². The highest BCUT2D eigenvalue weighted by Gasteiger charge is 2.05. The molecule has 0 saturated heterocycles. The van der Waals surface area contributed by atoms with Crippen molar-refractivity contribution in [2.75, 3.05) is 0 Å². The van der Waals surface area contributed by atoms with Gasteiger partial charge in [0.05, 0.1) is 5.38 Å². The van der Waals surface area contributed by atoms with E-state index >= 15 is 0 Å². The topological polar surface area (TPSA) is 0 Å². The van der Waals surface area contributed by atoms with Gasteiger partial charge in [0.1, 0.15) is 0 Å². The quantitative estimate of drug-likeness (QED) is 0.675. The number of halogens is 2. The van der Waals surface area contributed by atoms with Gasteiger partial charge in [0.2, 0.25) is 0 Å². The van der Waals surface area contributed by atoms with Crippen molar-refractivity contribution >= 4 is 27.5 Å². The van der Waals surface area contributed by atoms with E-state index in [2.05, 4.69) is 35.0 Å². The summed E-state index contributed by atoms with van der Waals surface area (Å²) in [5, 5.41) is 0.174. The Morgan fingerprint density at radius 1 is 1.31 bits per heavy atom. The Balaban J connectivity index is 2.55. The minimum absolute atomic E-state index is 0.174. The molecule has 0 radical (unpaired) electrons. The largest absolute Gasteiger partial charge is 0.118 e. The molecular weight excluding hydrogens is 247 g/mol. The lowest BCUT2D eigenvalue weighted by atomic mass is 10.1. The summed E-state index contributed by atoms with van der Waals surface area (Å²) in [4.78, 5) is 0. The Labute approximate surface area is 93.4 Å². The zero-order valence-electron chi connectivity index (χ0n) is 7.76. The van der Waals surface area contributed by atoms with Crippen molar-refractivity contribution in [1.82, 2.24) is 0 Å².